The van der Waals surface area contributed by atoms with Crippen LogP contribution in [0.25, 0.3) is 11.0 Å². The summed E-state index contributed by atoms with van der Waals surface area (Å²) in [6.45, 7) is 15.1. The van der Waals surface area contributed by atoms with Crippen molar-refractivity contribution in [2.24, 2.45) is 0 Å². The van der Waals surface area contributed by atoms with Crippen molar-refractivity contribution >= 4 is 39.2 Å². The minimum atomic E-state index is -4.08. The number of carbonyl (C=O) groups excluding carboxylic acids is 2. The molecule has 2 aliphatic heterocycles. The number of anilines is 1. The number of ether oxygens (including phenoxy) is 5. The number of fused-ring (bicyclic) bond motifs is 2. The molecule has 2 aliphatic rings. The number of aromatic nitrogens is 3. The number of benzene rings is 1. The number of amides is 2. The highest BCUT2D eigenvalue weighted by Crippen LogP contribution is 2.44. The van der Waals surface area contributed by atoms with Crippen molar-refractivity contribution in [1.82, 2.24) is 14.5 Å². The fourth-order valence-corrected chi connectivity index (χ4v) is 6.07. The first-order valence-electron chi connectivity index (χ1n) is 14.8. The van der Waals surface area contributed by atoms with Gasteiger partial charge in [0, 0.05) is 6.20 Å². The molecule has 2 fully saturated rings. The molecule has 0 N–H and O–H groups in total. The lowest BCUT2D eigenvalue weighted by molar-refractivity contribution is -0.198. The molecule has 0 radical (unpaired) electrons. The van der Waals surface area contributed by atoms with Crippen LogP contribution in [0.1, 0.15) is 67.2 Å². The van der Waals surface area contributed by atoms with Gasteiger partial charge >= 0.3 is 12.2 Å². The van der Waals surface area contributed by atoms with Crippen molar-refractivity contribution in [2.75, 3.05) is 11.5 Å². The maximum absolute atomic E-state index is 13.3. The lowest BCUT2D eigenvalue weighted by Crippen LogP contribution is -2.44. The normalized spacial score (nSPS) is 22.9. The van der Waals surface area contributed by atoms with Gasteiger partial charge in [0.25, 0.3) is 10.1 Å². The van der Waals surface area contributed by atoms with Crippen molar-refractivity contribution in [3.8, 4) is 0 Å². The van der Waals surface area contributed by atoms with Gasteiger partial charge in [0.2, 0.25) is 0 Å². The summed E-state index contributed by atoms with van der Waals surface area (Å²) in [7, 11) is -4.08. The van der Waals surface area contributed by atoms with Crippen LogP contribution in [0.15, 0.2) is 47.8 Å². The van der Waals surface area contributed by atoms with Crippen LogP contribution >= 0.6 is 0 Å². The molecule has 3 aromatic rings. The van der Waals surface area contributed by atoms with Gasteiger partial charge in [-0.15, -0.1) is 0 Å². The minimum absolute atomic E-state index is 0.0216. The van der Waals surface area contributed by atoms with Gasteiger partial charge in [-0.3, -0.25) is 4.18 Å². The largest absolute Gasteiger partial charge is 0.443 e. The van der Waals surface area contributed by atoms with E-state index in [1.54, 1.807) is 84.4 Å². The van der Waals surface area contributed by atoms with Crippen LogP contribution in [-0.2, 0) is 38.0 Å². The Kier molecular flexibility index (Phi) is 8.70. The summed E-state index contributed by atoms with van der Waals surface area (Å²) in [5.41, 5.74) is -0.626. The Hall–Kier alpha value is -3.63. The molecule has 1 unspecified atom stereocenters. The summed E-state index contributed by atoms with van der Waals surface area (Å²) in [6, 6.07) is 7.95. The number of hydrogen-bond donors (Lipinski definition) is 0. The van der Waals surface area contributed by atoms with E-state index in [0.717, 1.165) is 10.5 Å². The number of hydrogen-bond acceptors (Lipinski definition) is 12. The lowest BCUT2D eigenvalue weighted by Gasteiger charge is -2.28. The number of carbonyl (C=O) groups is 2. The van der Waals surface area contributed by atoms with Crippen molar-refractivity contribution < 1.29 is 45.9 Å². The standard InChI is InChI=1S/C31H40N4O10S/c1-18-10-12-19(13-11-18)46(38,39)40-16-21-22-23(43-31(8,9)42-22)26(41-21)34-15-14-20-24(34)32-17-33-25(20)35(27(36)44-29(2,3)4)28(37)45-30(5,6)7/h10-15,17,21-23,26H,16H2,1-9H3/t21?,22-,23-,26-/m1/s1. The third-order valence-electron chi connectivity index (χ3n) is 6.95. The Bertz CT molecular complexity index is 1700. The molecule has 4 heterocycles. The molecule has 5 rings (SSSR count). The van der Waals surface area contributed by atoms with E-state index in [4.69, 9.17) is 27.9 Å². The quantitative estimate of drug-likeness (QED) is 0.317. The van der Waals surface area contributed by atoms with Crippen LogP contribution in [0, 0.1) is 6.92 Å². The topological polar surface area (TPSA) is 158 Å². The molecular formula is C31H40N4O10S. The second kappa shape index (κ2) is 11.9. The van der Waals surface area contributed by atoms with Gasteiger partial charge in [-0.1, -0.05) is 17.7 Å². The van der Waals surface area contributed by atoms with E-state index in [9.17, 15) is 18.0 Å². The van der Waals surface area contributed by atoms with Gasteiger partial charge in [0.1, 0.15) is 41.5 Å². The number of aryl methyl sites for hydroxylation is 1. The van der Waals surface area contributed by atoms with Gasteiger partial charge in [-0.2, -0.15) is 13.3 Å². The molecule has 0 bridgehead atoms. The molecule has 14 nitrogen and oxygen atoms in total. The molecule has 2 amide bonds. The molecule has 250 valence electrons. The molecule has 2 aromatic heterocycles. The van der Waals surface area contributed by atoms with Crippen LogP contribution in [0.2, 0.25) is 0 Å². The Morgan fingerprint density at radius 2 is 1.52 bits per heavy atom. The number of nitrogens with zero attached hydrogens (tertiary/aromatic N) is 4. The summed E-state index contributed by atoms with van der Waals surface area (Å²) in [6.07, 6.45) is -2.17. The second-order valence-corrected chi connectivity index (χ2v) is 15.3. The van der Waals surface area contributed by atoms with Crippen LogP contribution in [0.3, 0.4) is 0 Å². The summed E-state index contributed by atoms with van der Waals surface area (Å²) in [5.74, 6) is -1.06. The van der Waals surface area contributed by atoms with Crippen LogP contribution in [-0.4, -0.2) is 77.0 Å². The maximum Gasteiger partial charge on any atom is 0.425 e. The van der Waals surface area contributed by atoms with E-state index in [-0.39, 0.29) is 17.3 Å². The molecule has 0 spiro atoms. The zero-order valence-corrected chi connectivity index (χ0v) is 28.2. The fraction of sp³-hybridized carbons (Fsp3) is 0.548. The van der Waals surface area contributed by atoms with E-state index >= 15 is 0 Å². The van der Waals surface area contributed by atoms with Gasteiger partial charge < -0.3 is 28.3 Å². The average molecular weight is 661 g/mol. The van der Waals surface area contributed by atoms with Crippen LogP contribution < -0.4 is 4.90 Å². The first-order valence-corrected chi connectivity index (χ1v) is 16.2. The Morgan fingerprint density at radius 3 is 2.11 bits per heavy atom. The Balaban J connectivity index is 1.47. The molecule has 4 atom stereocenters. The van der Waals surface area contributed by atoms with Crippen molar-refractivity contribution in [1.29, 1.82) is 0 Å². The molecule has 0 aliphatic carbocycles. The summed E-state index contributed by atoms with van der Waals surface area (Å²) >= 11 is 0. The highest BCUT2D eigenvalue weighted by Gasteiger charge is 2.56. The lowest BCUT2D eigenvalue weighted by atomic mass is 10.1. The predicted molar refractivity (Wildman–Crippen MR) is 165 cm³/mol. The predicted octanol–water partition coefficient (Wildman–Crippen LogP) is 5.24. The highest BCUT2D eigenvalue weighted by molar-refractivity contribution is 7.86. The van der Waals surface area contributed by atoms with Gasteiger partial charge in [-0.05, 0) is 80.5 Å². The van der Waals surface area contributed by atoms with E-state index in [1.807, 2.05) is 6.92 Å². The van der Waals surface area contributed by atoms with Crippen LogP contribution in [0.5, 0.6) is 0 Å². The van der Waals surface area contributed by atoms with E-state index in [1.165, 1.54) is 18.5 Å². The number of rotatable bonds is 6. The smallest absolute Gasteiger partial charge is 0.425 e. The summed E-state index contributed by atoms with van der Waals surface area (Å²) < 4.78 is 62.7. The maximum atomic E-state index is 13.3. The summed E-state index contributed by atoms with van der Waals surface area (Å²) in [4.78, 5) is 36.1. The first-order chi connectivity index (χ1) is 21.2. The molecule has 15 heteroatoms. The van der Waals surface area contributed by atoms with Gasteiger partial charge in [0.15, 0.2) is 17.8 Å². The SMILES string of the molecule is Cc1ccc(S(=O)(=O)OCC2O[C@@H](n3ccc4c(N(C(=O)OC(C)(C)C)C(=O)OC(C)(C)C)ncnc43)[C@@H]3OC(C)(C)O[C@H]23)cc1. The third-order valence-corrected chi connectivity index (χ3v) is 8.24. The molecule has 0 saturated carbocycles. The van der Waals surface area contributed by atoms with Crippen molar-refractivity contribution in [2.45, 2.75) is 109 Å². The van der Waals surface area contributed by atoms with Gasteiger partial charge in [-0.25, -0.2) is 19.6 Å². The zero-order chi connectivity index (χ0) is 33.8. The minimum Gasteiger partial charge on any atom is -0.443 e. The molecule has 2 saturated heterocycles. The fourth-order valence-electron chi connectivity index (χ4n) is 5.15. The van der Waals surface area contributed by atoms with Crippen molar-refractivity contribution in [3.05, 3.63) is 48.4 Å². The van der Waals surface area contributed by atoms with Crippen molar-refractivity contribution in [3.63, 3.8) is 0 Å². The number of imide groups is 1. The molecule has 46 heavy (non-hydrogen) atoms. The van der Waals surface area contributed by atoms with Crippen LogP contribution in [0.4, 0.5) is 15.4 Å². The van der Waals surface area contributed by atoms with E-state index in [0.29, 0.717) is 11.0 Å². The zero-order valence-electron chi connectivity index (χ0n) is 27.3. The summed E-state index contributed by atoms with van der Waals surface area (Å²) in [5, 5.41) is 0.319. The third kappa shape index (κ3) is 7.18. The van der Waals surface area contributed by atoms with Gasteiger partial charge in [0.05, 0.1) is 16.9 Å². The second-order valence-electron chi connectivity index (χ2n) is 13.6. The van der Waals surface area contributed by atoms with E-state index in [2.05, 4.69) is 9.97 Å². The average Bonchev–Trinajstić information content (AvgIpc) is 3.57. The highest BCUT2D eigenvalue weighted by atomic mass is 32.2. The monoisotopic (exact) mass is 660 g/mol. The van der Waals surface area contributed by atoms with E-state index < -0.39 is 63.8 Å². The Labute approximate surface area is 268 Å². The molecular weight excluding hydrogens is 620 g/mol. The molecule has 1 aromatic carbocycles. The first kappa shape index (κ1) is 33.7. The Morgan fingerprint density at radius 1 is 0.935 bits per heavy atom.